The molecule has 1 aliphatic heterocycles. The summed E-state index contributed by atoms with van der Waals surface area (Å²) in [5.74, 6) is -0.178. The Kier molecular flexibility index (Phi) is 4.86. The van der Waals surface area contributed by atoms with Crippen LogP contribution in [0.1, 0.15) is 44.0 Å². The second-order valence-corrected chi connectivity index (χ2v) is 6.90. The highest BCUT2D eigenvalue weighted by molar-refractivity contribution is 6.04. The van der Waals surface area contributed by atoms with E-state index >= 15 is 0 Å². The minimum absolute atomic E-state index is 0.0361. The molecule has 0 spiro atoms. The van der Waals surface area contributed by atoms with Gasteiger partial charge in [-0.3, -0.25) is 9.59 Å². The number of benzene rings is 1. The van der Waals surface area contributed by atoms with Crippen LogP contribution in [0.15, 0.2) is 24.3 Å². The quantitative estimate of drug-likeness (QED) is 0.879. The third kappa shape index (κ3) is 3.85. The van der Waals surface area contributed by atoms with Crippen molar-refractivity contribution in [2.24, 2.45) is 11.1 Å². The fourth-order valence-corrected chi connectivity index (χ4v) is 2.45. The average molecular weight is 303 g/mol. The Labute approximate surface area is 131 Å². The van der Waals surface area contributed by atoms with Crippen LogP contribution in [-0.2, 0) is 4.79 Å². The molecule has 120 valence electrons. The van der Waals surface area contributed by atoms with E-state index in [9.17, 15) is 9.59 Å². The predicted octanol–water partition coefficient (Wildman–Crippen LogP) is 2.23. The molecule has 1 aromatic rings. The van der Waals surface area contributed by atoms with Crippen LogP contribution < -0.4 is 11.1 Å². The summed E-state index contributed by atoms with van der Waals surface area (Å²) >= 11 is 0. The van der Waals surface area contributed by atoms with Gasteiger partial charge in [0.1, 0.15) is 0 Å². The maximum absolute atomic E-state index is 12.7. The molecule has 3 N–H and O–H groups in total. The van der Waals surface area contributed by atoms with Crippen molar-refractivity contribution in [2.45, 2.75) is 39.7 Å². The van der Waals surface area contributed by atoms with Gasteiger partial charge in [-0.05, 0) is 25.0 Å². The van der Waals surface area contributed by atoms with E-state index in [1.807, 2.05) is 32.9 Å². The van der Waals surface area contributed by atoms with E-state index in [0.29, 0.717) is 24.3 Å². The Balaban J connectivity index is 2.20. The minimum atomic E-state index is -0.510. The maximum Gasteiger partial charge on any atom is 0.256 e. The minimum Gasteiger partial charge on any atom is -0.337 e. The van der Waals surface area contributed by atoms with Gasteiger partial charge >= 0.3 is 0 Å². The van der Waals surface area contributed by atoms with Crippen molar-refractivity contribution in [2.75, 3.05) is 18.4 Å². The second-order valence-electron chi connectivity index (χ2n) is 6.90. The molecule has 0 radical (unpaired) electrons. The summed E-state index contributed by atoms with van der Waals surface area (Å²) in [7, 11) is 0. The number of likely N-dealkylation sites (tertiary alicyclic amines) is 1. The molecule has 2 rings (SSSR count). The Morgan fingerprint density at radius 2 is 1.95 bits per heavy atom. The molecule has 1 atom stereocenters. The summed E-state index contributed by atoms with van der Waals surface area (Å²) in [5.41, 5.74) is 6.53. The lowest BCUT2D eigenvalue weighted by molar-refractivity contribution is -0.123. The first-order valence-electron chi connectivity index (χ1n) is 7.74. The molecule has 1 aromatic carbocycles. The van der Waals surface area contributed by atoms with E-state index in [1.165, 1.54) is 0 Å². The fraction of sp³-hybridized carbons (Fsp3) is 0.529. The van der Waals surface area contributed by atoms with Gasteiger partial charge in [-0.25, -0.2) is 0 Å². The molecule has 22 heavy (non-hydrogen) atoms. The van der Waals surface area contributed by atoms with Crippen LogP contribution in [0.5, 0.6) is 0 Å². The van der Waals surface area contributed by atoms with Crippen LogP contribution in [0.4, 0.5) is 5.69 Å². The van der Waals surface area contributed by atoms with E-state index in [1.54, 1.807) is 17.0 Å². The Hall–Kier alpha value is -1.88. The van der Waals surface area contributed by atoms with Crippen molar-refractivity contribution in [3.63, 3.8) is 0 Å². The summed E-state index contributed by atoms with van der Waals surface area (Å²) in [6, 6.07) is 7.18. The average Bonchev–Trinajstić information content (AvgIpc) is 2.46. The lowest BCUT2D eigenvalue weighted by atomic mass is 9.95. The molecule has 0 aliphatic carbocycles. The predicted molar refractivity (Wildman–Crippen MR) is 87.6 cm³/mol. The van der Waals surface area contributed by atoms with Crippen molar-refractivity contribution in [1.82, 2.24) is 4.90 Å². The molecule has 1 aliphatic rings. The zero-order chi connectivity index (χ0) is 16.3. The molecular formula is C17H25N3O2. The smallest absolute Gasteiger partial charge is 0.256 e. The van der Waals surface area contributed by atoms with Crippen LogP contribution in [0, 0.1) is 5.41 Å². The highest BCUT2D eigenvalue weighted by atomic mass is 16.2. The van der Waals surface area contributed by atoms with Gasteiger partial charge in [-0.15, -0.1) is 0 Å². The van der Waals surface area contributed by atoms with Crippen molar-refractivity contribution < 1.29 is 9.59 Å². The summed E-state index contributed by atoms with van der Waals surface area (Å²) in [5, 5.41) is 2.86. The summed E-state index contributed by atoms with van der Waals surface area (Å²) in [4.78, 5) is 26.7. The van der Waals surface area contributed by atoms with Crippen molar-refractivity contribution in [1.29, 1.82) is 0 Å². The molecule has 5 nitrogen and oxygen atoms in total. The Bertz CT molecular complexity index is 563. The SMILES string of the molecule is CC(C)(C)C(=O)Nc1ccccc1C(=O)N1CCCC(N)C1. The number of piperidine rings is 1. The number of amides is 2. The summed E-state index contributed by atoms with van der Waals surface area (Å²) in [6.45, 7) is 6.82. The number of nitrogens with one attached hydrogen (secondary N) is 1. The molecular weight excluding hydrogens is 278 g/mol. The first-order valence-corrected chi connectivity index (χ1v) is 7.74. The first-order chi connectivity index (χ1) is 10.3. The van der Waals surface area contributed by atoms with Gasteiger partial charge in [0, 0.05) is 24.5 Å². The van der Waals surface area contributed by atoms with Crippen LogP contribution >= 0.6 is 0 Å². The number of nitrogens with two attached hydrogens (primary N) is 1. The van der Waals surface area contributed by atoms with Crippen molar-refractivity contribution >= 4 is 17.5 Å². The van der Waals surface area contributed by atoms with Crippen LogP contribution in [-0.4, -0.2) is 35.8 Å². The summed E-state index contributed by atoms with van der Waals surface area (Å²) < 4.78 is 0. The fourth-order valence-electron chi connectivity index (χ4n) is 2.45. The Morgan fingerprint density at radius 1 is 1.27 bits per heavy atom. The molecule has 0 bridgehead atoms. The van der Waals surface area contributed by atoms with Crippen LogP contribution in [0.25, 0.3) is 0 Å². The normalized spacial score (nSPS) is 18.9. The number of anilines is 1. The van der Waals surface area contributed by atoms with E-state index in [4.69, 9.17) is 5.73 Å². The van der Waals surface area contributed by atoms with Gasteiger partial charge in [0.25, 0.3) is 5.91 Å². The van der Waals surface area contributed by atoms with Gasteiger partial charge in [-0.1, -0.05) is 32.9 Å². The van der Waals surface area contributed by atoms with Crippen LogP contribution in [0.3, 0.4) is 0 Å². The molecule has 1 saturated heterocycles. The molecule has 2 amide bonds. The van der Waals surface area contributed by atoms with Gasteiger partial charge < -0.3 is 16.0 Å². The number of carbonyl (C=O) groups excluding carboxylic acids is 2. The number of carbonyl (C=O) groups is 2. The number of para-hydroxylation sites is 1. The third-order valence-electron chi connectivity index (χ3n) is 3.83. The molecule has 1 unspecified atom stereocenters. The first kappa shape index (κ1) is 16.5. The summed E-state index contributed by atoms with van der Waals surface area (Å²) in [6.07, 6.45) is 1.87. The van der Waals surface area contributed by atoms with E-state index in [2.05, 4.69) is 5.32 Å². The standard InChI is InChI=1S/C17H25N3O2/c1-17(2,3)16(22)19-14-9-5-4-8-13(14)15(21)20-10-6-7-12(18)11-20/h4-5,8-9,12H,6-7,10-11,18H2,1-3H3,(H,19,22). The largest absolute Gasteiger partial charge is 0.337 e. The monoisotopic (exact) mass is 303 g/mol. The maximum atomic E-state index is 12.7. The van der Waals surface area contributed by atoms with Gasteiger partial charge in [0.05, 0.1) is 11.3 Å². The van der Waals surface area contributed by atoms with Gasteiger partial charge in [0.2, 0.25) is 5.91 Å². The van der Waals surface area contributed by atoms with E-state index < -0.39 is 5.41 Å². The molecule has 0 aromatic heterocycles. The number of hydrogen-bond donors (Lipinski definition) is 2. The zero-order valence-corrected chi connectivity index (χ0v) is 13.6. The number of nitrogens with zero attached hydrogens (tertiary/aromatic N) is 1. The highest BCUT2D eigenvalue weighted by Gasteiger charge is 2.26. The van der Waals surface area contributed by atoms with Crippen molar-refractivity contribution in [3.8, 4) is 0 Å². The Morgan fingerprint density at radius 3 is 2.59 bits per heavy atom. The molecule has 1 fully saturated rings. The lowest BCUT2D eigenvalue weighted by Gasteiger charge is -2.31. The van der Waals surface area contributed by atoms with Gasteiger partial charge in [0.15, 0.2) is 0 Å². The molecule has 0 saturated carbocycles. The second kappa shape index (κ2) is 6.48. The number of rotatable bonds is 2. The lowest BCUT2D eigenvalue weighted by Crippen LogP contribution is -2.46. The highest BCUT2D eigenvalue weighted by Crippen LogP contribution is 2.22. The molecule has 5 heteroatoms. The topological polar surface area (TPSA) is 75.4 Å². The molecule has 1 heterocycles. The van der Waals surface area contributed by atoms with E-state index in [-0.39, 0.29) is 17.9 Å². The van der Waals surface area contributed by atoms with E-state index in [0.717, 1.165) is 12.8 Å². The number of hydrogen-bond acceptors (Lipinski definition) is 3. The zero-order valence-electron chi connectivity index (χ0n) is 13.6. The van der Waals surface area contributed by atoms with Crippen molar-refractivity contribution in [3.05, 3.63) is 29.8 Å². The van der Waals surface area contributed by atoms with Gasteiger partial charge in [-0.2, -0.15) is 0 Å². The van der Waals surface area contributed by atoms with Crippen LogP contribution in [0.2, 0.25) is 0 Å². The third-order valence-corrected chi connectivity index (χ3v) is 3.83.